The monoisotopic (exact) mass is 411 g/mol. The quantitative estimate of drug-likeness (QED) is 0.583. The number of methoxy groups -OCH3 is 1. The molecule has 0 aliphatic carbocycles. The van der Waals surface area contributed by atoms with Crippen molar-refractivity contribution in [2.75, 3.05) is 38.4 Å². The summed E-state index contributed by atoms with van der Waals surface area (Å²) in [6.45, 7) is 4.03. The number of anilines is 1. The highest BCUT2D eigenvalue weighted by atomic mass is 16.7. The molecule has 1 spiro atoms. The zero-order chi connectivity index (χ0) is 21.0. The molecule has 0 aromatic heterocycles. The minimum atomic E-state index is -1.28. The summed E-state index contributed by atoms with van der Waals surface area (Å²) < 4.78 is 22.9. The van der Waals surface area contributed by atoms with E-state index in [1.54, 1.807) is 12.0 Å². The third kappa shape index (κ3) is 3.77. The largest absolute Gasteiger partial charge is 0.493 e. The van der Waals surface area contributed by atoms with Crippen molar-refractivity contribution in [1.29, 1.82) is 0 Å². The molecule has 2 aliphatic heterocycles. The number of carbonyl (C=O) groups excluding carboxylic acids is 1. The first kappa shape index (κ1) is 20.7. The van der Waals surface area contributed by atoms with E-state index in [1.807, 2.05) is 30.3 Å². The van der Waals surface area contributed by atoms with Crippen LogP contribution in [0.2, 0.25) is 0 Å². The summed E-state index contributed by atoms with van der Waals surface area (Å²) in [7, 11) is 1.62. The summed E-state index contributed by atoms with van der Waals surface area (Å²) >= 11 is 0. The summed E-state index contributed by atoms with van der Waals surface area (Å²) in [5, 5.41) is 0. The molecule has 30 heavy (non-hydrogen) atoms. The molecule has 2 aromatic rings. The third-order valence-corrected chi connectivity index (χ3v) is 5.60. The SMILES string of the molecule is CCCCc1ccc2c(c1)C1(OCCO1)C(=O)N2CCCOc1ccccc1OC. The van der Waals surface area contributed by atoms with Gasteiger partial charge in [0.25, 0.3) is 11.7 Å². The Morgan fingerprint density at radius 3 is 2.57 bits per heavy atom. The van der Waals surface area contributed by atoms with E-state index in [1.165, 1.54) is 5.56 Å². The van der Waals surface area contributed by atoms with Crippen LogP contribution in [-0.2, 0) is 26.5 Å². The lowest BCUT2D eigenvalue weighted by Crippen LogP contribution is -2.41. The average molecular weight is 411 g/mol. The molecule has 0 saturated carbocycles. The van der Waals surface area contributed by atoms with Crippen molar-refractivity contribution in [3.63, 3.8) is 0 Å². The molecule has 2 heterocycles. The average Bonchev–Trinajstić information content (AvgIpc) is 3.36. The number of para-hydroxylation sites is 2. The second-order valence-corrected chi connectivity index (χ2v) is 7.58. The molecule has 0 unspecified atom stereocenters. The smallest absolute Gasteiger partial charge is 0.292 e. The Labute approximate surface area is 177 Å². The highest BCUT2D eigenvalue weighted by molar-refractivity contribution is 6.06. The highest BCUT2D eigenvalue weighted by Crippen LogP contribution is 2.46. The maximum atomic E-state index is 13.3. The standard InChI is InChI=1S/C24H29NO5/c1-3-4-8-18-11-12-20-19(17-18)24(29-15-16-30-24)23(26)25(20)13-7-14-28-22-10-6-5-9-21(22)27-2/h5-6,9-12,17H,3-4,7-8,13-16H2,1-2H3. The molecular formula is C24H29NO5. The number of benzene rings is 2. The van der Waals surface area contributed by atoms with Crippen molar-refractivity contribution in [3.05, 3.63) is 53.6 Å². The zero-order valence-electron chi connectivity index (χ0n) is 17.7. The Hall–Kier alpha value is -2.57. The van der Waals surface area contributed by atoms with Crippen LogP contribution in [0.4, 0.5) is 5.69 Å². The molecule has 2 aliphatic rings. The number of hydrogen-bond donors (Lipinski definition) is 0. The van der Waals surface area contributed by atoms with Gasteiger partial charge < -0.3 is 23.8 Å². The molecule has 1 saturated heterocycles. The summed E-state index contributed by atoms with van der Waals surface area (Å²) in [4.78, 5) is 15.1. The Morgan fingerprint density at radius 1 is 1.07 bits per heavy atom. The molecule has 4 rings (SSSR count). The number of hydrogen-bond acceptors (Lipinski definition) is 5. The van der Waals surface area contributed by atoms with E-state index < -0.39 is 5.79 Å². The molecule has 6 heteroatoms. The number of unbranched alkanes of at least 4 members (excludes halogenated alkanes) is 1. The normalized spacial score (nSPS) is 16.9. The molecule has 0 N–H and O–H groups in total. The van der Waals surface area contributed by atoms with Crippen LogP contribution >= 0.6 is 0 Å². The van der Waals surface area contributed by atoms with E-state index in [9.17, 15) is 4.79 Å². The topological polar surface area (TPSA) is 57.2 Å². The summed E-state index contributed by atoms with van der Waals surface area (Å²) in [6, 6.07) is 13.8. The first-order chi connectivity index (χ1) is 14.7. The van der Waals surface area contributed by atoms with Crippen molar-refractivity contribution in [2.24, 2.45) is 0 Å². The fourth-order valence-electron chi connectivity index (χ4n) is 4.08. The predicted molar refractivity (Wildman–Crippen MR) is 114 cm³/mol. The molecule has 160 valence electrons. The Morgan fingerprint density at radius 2 is 1.83 bits per heavy atom. The number of amides is 1. The molecule has 0 atom stereocenters. The van der Waals surface area contributed by atoms with E-state index in [0.29, 0.717) is 44.3 Å². The van der Waals surface area contributed by atoms with Gasteiger partial charge in [0.2, 0.25) is 0 Å². The molecule has 6 nitrogen and oxygen atoms in total. The van der Waals surface area contributed by atoms with Crippen LogP contribution in [-0.4, -0.2) is 39.4 Å². The summed E-state index contributed by atoms with van der Waals surface area (Å²) in [6.07, 6.45) is 3.91. The van der Waals surface area contributed by atoms with Gasteiger partial charge in [0, 0.05) is 12.1 Å². The fourth-order valence-corrected chi connectivity index (χ4v) is 4.08. The van der Waals surface area contributed by atoms with Gasteiger partial charge in [-0.05, 0) is 49.1 Å². The van der Waals surface area contributed by atoms with Crippen molar-refractivity contribution in [3.8, 4) is 11.5 Å². The van der Waals surface area contributed by atoms with Gasteiger partial charge in [-0.15, -0.1) is 0 Å². The van der Waals surface area contributed by atoms with Gasteiger partial charge in [0.15, 0.2) is 11.5 Å². The lowest BCUT2D eigenvalue weighted by Gasteiger charge is -2.22. The Balaban J connectivity index is 1.47. The number of fused-ring (bicyclic) bond motifs is 2. The van der Waals surface area contributed by atoms with Crippen LogP contribution < -0.4 is 14.4 Å². The molecule has 0 bridgehead atoms. The predicted octanol–water partition coefficient (Wildman–Crippen LogP) is 4.05. The number of nitrogens with zero attached hydrogens (tertiary/aromatic N) is 1. The van der Waals surface area contributed by atoms with Crippen molar-refractivity contribution < 1.29 is 23.7 Å². The van der Waals surface area contributed by atoms with Crippen LogP contribution in [0.3, 0.4) is 0 Å². The van der Waals surface area contributed by atoms with Crippen molar-refractivity contribution in [1.82, 2.24) is 0 Å². The molecular weight excluding hydrogens is 382 g/mol. The zero-order valence-corrected chi connectivity index (χ0v) is 17.7. The van der Waals surface area contributed by atoms with Gasteiger partial charge in [-0.3, -0.25) is 4.79 Å². The van der Waals surface area contributed by atoms with Crippen LogP contribution in [0.5, 0.6) is 11.5 Å². The minimum Gasteiger partial charge on any atom is -0.493 e. The maximum Gasteiger partial charge on any atom is 0.292 e. The Kier molecular flexibility index (Phi) is 6.25. The van der Waals surface area contributed by atoms with E-state index in [2.05, 4.69) is 19.1 Å². The maximum absolute atomic E-state index is 13.3. The first-order valence-electron chi connectivity index (χ1n) is 10.7. The number of carbonyl (C=O) groups is 1. The van der Waals surface area contributed by atoms with Gasteiger partial charge in [-0.25, -0.2) is 0 Å². The van der Waals surface area contributed by atoms with Gasteiger partial charge in [0.1, 0.15) is 0 Å². The number of rotatable bonds is 9. The van der Waals surface area contributed by atoms with Crippen LogP contribution in [0.15, 0.2) is 42.5 Å². The summed E-state index contributed by atoms with van der Waals surface area (Å²) in [5.41, 5.74) is 2.92. The van der Waals surface area contributed by atoms with E-state index >= 15 is 0 Å². The fraction of sp³-hybridized carbons (Fsp3) is 0.458. The molecule has 0 radical (unpaired) electrons. The van der Waals surface area contributed by atoms with E-state index in [4.69, 9.17) is 18.9 Å². The van der Waals surface area contributed by atoms with Gasteiger partial charge in [-0.2, -0.15) is 0 Å². The first-order valence-corrected chi connectivity index (χ1v) is 10.7. The van der Waals surface area contributed by atoms with Gasteiger partial charge in [0.05, 0.1) is 32.6 Å². The second kappa shape index (κ2) is 9.06. The third-order valence-electron chi connectivity index (χ3n) is 5.60. The van der Waals surface area contributed by atoms with Gasteiger partial charge >= 0.3 is 0 Å². The lowest BCUT2D eigenvalue weighted by molar-refractivity contribution is -0.180. The molecule has 1 amide bonds. The number of aryl methyl sites for hydroxylation is 1. The number of ether oxygens (including phenoxy) is 4. The highest BCUT2D eigenvalue weighted by Gasteiger charge is 2.55. The van der Waals surface area contributed by atoms with Gasteiger partial charge in [-0.1, -0.05) is 31.5 Å². The second-order valence-electron chi connectivity index (χ2n) is 7.58. The molecule has 2 aromatic carbocycles. The van der Waals surface area contributed by atoms with Crippen LogP contribution in [0.25, 0.3) is 0 Å². The van der Waals surface area contributed by atoms with Crippen molar-refractivity contribution >= 4 is 11.6 Å². The molecule has 1 fully saturated rings. The summed E-state index contributed by atoms with van der Waals surface area (Å²) in [5.74, 6) is -0.0138. The lowest BCUT2D eigenvalue weighted by atomic mass is 10.0. The minimum absolute atomic E-state index is 0.139. The van der Waals surface area contributed by atoms with Crippen LogP contribution in [0.1, 0.15) is 37.3 Å². The van der Waals surface area contributed by atoms with Crippen molar-refractivity contribution in [2.45, 2.75) is 38.4 Å². The van der Waals surface area contributed by atoms with E-state index in [-0.39, 0.29) is 5.91 Å². The van der Waals surface area contributed by atoms with Crippen LogP contribution in [0, 0.1) is 0 Å². The van der Waals surface area contributed by atoms with E-state index in [0.717, 1.165) is 30.5 Å². The Bertz CT molecular complexity index is 891.